The number of carbonyl (C=O) groups is 1. The number of sulfonamides is 1. The molecule has 8 nitrogen and oxygen atoms in total. The SMILES string of the molecule is CCOC(=O)c1nc2ccc(C(c3ccc(Cl)cc3)c3nccs3)cc2n1C1CCN(S(=O)(=O)C(F)(F)F)CC1. The molecule has 0 saturated carbocycles. The van der Waals surface area contributed by atoms with E-state index < -0.39 is 27.5 Å². The number of aromatic nitrogens is 3. The number of piperidine rings is 1. The van der Waals surface area contributed by atoms with E-state index in [1.54, 1.807) is 35.9 Å². The van der Waals surface area contributed by atoms with Crippen molar-refractivity contribution in [3.8, 4) is 0 Å². The number of nitrogens with zero attached hydrogens (tertiary/aromatic N) is 4. The highest BCUT2D eigenvalue weighted by Gasteiger charge is 2.50. The molecule has 0 spiro atoms. The maximum Gasteiger partial charge on any atom is 0.511 e. The van der Waals surface area contributed by atoms with Crippen molar-refractivity contribution in [2.24, 2.45) is 0 Å². The summed E-state index contributed by atoms with van der Waals surface area (Å²) in [6.07, 6.45) is 1.84. The Morgan fingerprint density at radius 3 is 2.42 bits per heavy atom. The van der Waals surface area contributed by atoms with E-state index in [2.05, 4.69) is 9.97 Å². The van der Waals surface area contributed by atoms with E-state index in [0.29, 0.717) is 20.4 Å². The third-order valence-electron chi connectivity index (χ3n) is 6.83. The first-order valence-corrected chi connectivity index (χ1v) is 15.1. The highest BCUT2D eigenvalue weighted by atomic mass is 35.5. The van der Waals surface area contributed by atoms with E-state index in [1.807, 2.05) is 29.6 Å². The summed E-state index contributed by atoms with van der Waals surface area (Å²) in [6.45, 7) is 1.08. The fourth-order valence-corrected chi connectivity index (χ4v) is 6.90. The number of esters is 1. The lowest BCUT2D eigenvalue weighted by molar-refractivity contribution is -0.0496. The van der Waals surface area contributed by atoms with Crippen molar-refractivity contribution >= 4 is 50.0 Å². The van der Waals surface area contributed by atoms with Gasteiger partial charge in [-0.15, -0.1) is 11.3 Å². The zero-order valence-electron chi connectivity index (χ0n) is 21.1. The van der Waals surface area contributed by atoms with Crippen LogP contribution in [0, 0.1) is 0 Å². The second-order valence-corrected chi connectivity index (χ2v) is 12.5. The molecule has 1 saturated heterocycles. The zero-order valence-corrected chi connectivity index (χ0v) is 23.5. The summed E-state index contributed by atoms with van der Waals surface area (Å²) >= 11 is 7.61. The quantitative estimate of drug-likeness (QED) is 0.238. The molecule has 1 aliphatic rings. The van der Waals surface area contributed by atoms with Crippen LogP contribution in [0.15, 0.2) is 54.0 Å². The maximum absolute atomic E-state index is 13.1. The molecule has 1 unspecified atom stereocenters. The Kier molecular flexibility index (Phi) is 7.92. The largest absolute Gasteiger partial charge is 0.511 e. The molecular formula is C26H24ClF3N4O4S2. The van der Waals surface area contributed by atoms with E-state index in [4.69, 9.17) is 16.3 Å². The van der Waals surface area contributed by atoms with E-state index in [-0.39, 0.29) is 44.3 Å². The van der Waals surface area contributed by atoms with Crippen molar-refractivity contribution in [1.29, 1.82) is 0 Å². The third kappa shape index (κ3) is 5.35. The monoisotopic (exact) mass is 612 g/mol. The van der Waals surface area contributed by atoms with Crippen LogP contribution < -0.4 is 0 Å². The van der Waals surface area contributed by atoms with Crippen LogP contribution in [0.2, 0.25) is 5.02 Å². The summed E-state index contributed by atoms with van der Waals surface area (Å²) in [6, 6.07) is 12.5. The number of hydrogen-bond donors (Lipinski definition) is 0. The molecule has 2 aromatic carbocycles. The van der Waals surface area contributed by atoms with Crippen LogP contribution in [0.4, 0.5) is 13.2 Å². The molecule has 5 rings (SSSR count). The molecule has 1 aliphatic heterocycles. The Hall–Kier alpha value is -3.00. The van der Waals surface area contributed by atoms with Gasteiger partial charge in [0, 0.05) is 35.7 Å². The third-order valence-corrected chi connectivity index (χ3v) is 9.55. The minimum atomic E-state index is -5.44. The van der Waals surface area contributed by atoms with E-state index in [9.17, 15) is 26.4 Å². The molecule has 14 heteroatoms. The van der Waals surface area contributed by atoms with Crippen LogP contribution in [0.25, 0.3) is 11.0 Å². The van der Waals surface area contributed by atoms with Crippen molar-refractivity contribution in [3.05, 3.63) is 81.0 Å². The highest BCUT2D eigenvalue weighted by molar-refractivity contribution is 7.90. The van der Waals surface area contributed by atoms with Gasteiger partial charge in [-0.2, -0.15) is 17.5 Å². The standard InChI is InChI=1S/C26H24ClF3N4O4S2/c1-2-38-25(35)23-32-20-8-5-17(22(24-31-11-14-39-24)16-3-6-18(27)7-4-16)15-21(20)34(23)19-9-12-33(13-10-19)40(36,37)26(28,29)30/h3-8,11,14-15,19,22H,2,9-10,12-13H2,1H3. The Bertz CT molecular complexity index is 1620. The predicted molar refractivity (Wildman–Crippen MR) is 145 cm³/mol. The van der Waals surface area contributed by atoms with Gasteiger partial charge in [-0.1, -0.05) is 29.8 Å². The van der Waals surface area contributed by atoms with Crippen molar-refractivity contribution < 1.29 is 31.1 Å². The Morgan fingerprint density at radius 1 is 1.15 bits per heavy atom. The Morgan fingerprint density at radius 2 is 1.82 bits per heavy atom. The predicted octanol–water partition coefficient (Wildman–Crippen LogP) is 5.99. The fraction of sp³-hybridized carbons (Fsp3) is 0.346. The number of carbonyl (C=O) groups excluding carboxylic acids is 1. The molecular weight excluding hydrogens is 589 g/mol. The summed E-state index contributed by atoms with van der Waals surface area (Å²) < 4.78 is 70.7. The number of alkyl halides is 3. The van der Waals surface area contributed by atoms with Gasteiger partial charge in [-0.3, -0.25) is 0 Å². The molecule has 1 atom stereocenters. The van der Waals surface area contributed by atoms with Crippen molar-refractivity contribution in [3.63, 3.8) is 0 Å². The first-order chi connectivity index (χ1) is 19.0. The van der Waals surface area contributed by atoms with Gasteiger partial charge in [0.05, 0.1) is 23.6 Å². The number of imidazole rings is 1. The van der Waals surface area contributed by atoms with Gasteiger partial charge >= 0.3 is 21.5 Å². The minimum absolute atomic E-state index is 0.0171. The maximum atomic E-state index is 13.1. The fourth-order valence-electron chi connectivity index (χ4n) is 5.00. The van der Waals surface area contributed by atoms with E-state index >= 15 is 0 Å². The number of rotatable bonds is 7. The Balaban J connectivity index is 1.58. The summed E-state index contributed by atoms with van der Waals surface area (Å²) in [5.41, 5.74) is -2.47. The number of hydrogen-bond acceptors (Lipinski definition) is 7. The van der Waals surface area contributed by atoms with E-state index in [1.165, 1.54) is 11.3 Å². The first kappa shape index (κ1) is 28.5. The summed E-state index contributed by atoms with van der Waals surface area (Å²) in [7, 11) is -5.44. The topological polar surface area (TPSA) is 94.4 Å². The molecule has 3 heterocycles. The minimum Gasteiger partial charge on any atom is -0.460 e. The van der Waals surface area contributed by atoms with Gasteiger partial charge in [-0.25, -0.2) is 23.2 Å². The van der Waals surface area contributed by atoms with Crippen molar-refractivity contribution in [2.45, 2.75) is 37.2 Å². The lowest BCUT2D eigenvalue weighted by Gasteiger charge is -2.33. The molecule has 4 aromatic rings. The molecule has 0 radical (unpaired) electrons. The van der Waals surface area contributed by atoms with Crippen molar-refractivity contribution in [1.82, 2.24) is 18.8 Å². The van der Waals surface area contributed by atoms with Crippen LogP contribution in [0.1, 0.15) is 58.5 Å². The van der Waals surface area contributed by atoms with Gasteiger partial charge in [0.15, 0.2) is 0 Å². The van der Waals surface area contributed by atoms with Gasteiger partial charge in [0.1, 0.15) is 5.01 Å². The van der Waals surface area contributed by atoms with E-state index in [0.717, 1.165) is 16.1 Å². The smallest absolute Gasteiger partial charge is 0.460 e. The normalized spacial score (nSPS) is 16.3. The summed E-state index contributed by atoms with van der Waals surface area (Å²) in [5, 5.41) is 3.31. The second-order valence-electron chi connectivity index (χ2n) is 9.21. The molecule has 40 heavy (non-hydrogen) atoms. The molecule has 0 N–H and O–H groups in total. The summed E-state index contributed by atoms with van der Waals surface area (Å²) in [5.74, 6) is -0.905. The number of benzene rings is 2. The average Bonchev–Trinajstić information content (AvgIpc) is 3.58. The van der Waals surface area contributed by atoms with Gasteiger partial charge < -0.3 is 9.30 Å². The van der Waals surface area contributed by atoms with Gasteiger partial charge in [0.2, 0.25) is 5.82 Å². The first-order valence-electron chi connectivity index (χ1n) is 12.4. The lowest BCUT2D eigenvalue weighted by Crippen LogP contribution is -2.45. The highest BCUT2D eigenvalue weighted by Crippen LogP contribution is 2.38. The number of halogens is 4. The van der Waals surface area contributed by atoms with Crippen LogP contribution >= 0.6 is 22.9 Å². The van der Waals surface area contributed by atoms with Crippen LogP contribution in [0.3, 0.4) is 0 Å². The van der Waals surface area contributed by atoms with Gasteiger partial charge in [-0.05, 0) is 55.2 Å². The Labute approximate surface area is 237 Å². The number of thiazole rings is 1. The van der Waals surface area contributed by atoms with Crippen LogP contribution in [0.5, 0.6) is 0 Å². The lowest BCUT2D eigenvalue weighted by atomic mass is 9.91. The number of fused-ring (bicyclic) bond motifs is 1. The molecule has 0 amide bonds. The second kappa shape index (κ2) is 11.1. The molecule has 1 fully saturated rings. The number of ether oxygens (including phenoxy) is 1. The van der Waals surface area contributed by atoms with Crippen molar-refractivity contribution in [2.75, 3.05) is 19.7 Å². The molecule has 0 aliphatic carbocycles. The molecule has 2 aromatic heterocycles. The van der Waals surface area contributed by atoms with Gasteiger partial charge in [0.25, 0.3) is 0 Å². The summed E-state index contributed by atoms with van der Waals surface area (Å²) in [4.78, 5) is 21.9. The van der Waals surface area contributed by atoms with Crippen LogP contribution in [-0.2, 0) is 14.8 Å². The molecule has 212 valence electrons. The zero-order chi connectivity index (χ0) is 28.7. The average molecular weight is 613 g/mol. The van der Waals surface area contributed by atoms with Crippen LogP contribution in [-0.4, -0.2) is 58.4 Å². The molecule has 0 bridgehead atoms.